The maximum Gasteiger partial charge on any atom is 0.173 e. The van der Waals surface area contributed by atoms with Gasteiger partial charge in [0, 0.05) is 11.8 Å². The minimum atomic E-state index is -0.396. The van der Waals surface area contributed by atoms with E-state index in [9.17, 15) is 5.11 Å². The number of fused-ring (bicyclic) bond motifs is 5. The Bertz CT molecular complexity index is 934. The molecule has 4 aliphatic carbocycles. The van der Waals surface area contributed by atoms with E-state index >= 15 is 0 Å². The molecule has 1 heterocycles. The maximum atomic E-state index is 9.35. The fraction of sp³-hybridized carbons (Fsp3) is 0.812. The molecule has 1 spiro atoms. The number of allylic oxidation sites excluding steroid dienone is 5. The quantitative estimate of drug-likeness (QED) is 0.410. The molecule has 5 aliphatic rings. The summed E-state index contributed by atoms with van der Waals surface area (Å²) in [6, 6.07) is 0. The average molecular weight is 483 g/mol. The molecule has 0 aromatic rings. The molecule has 0 aromatic carbocycles. The summed E-state index contributed by atoms with van der Waals surface area (Å²) in [6.45, 7) is 18.8. The van der Waals surface area contributed by atoms with Crippen LogP contribution in [0, 0.1) is 39.4 Å². The topological polar surface area (TPSA) is 38.7 Å². The Morgan fingerprint density at radius 2 is 1.77 bits per heavy atom. The van der Waals surface area contributed by atoms with Crippen LogP contribution in [0.1, 0.15) is 99.8 Å². The second-order valence-electron chi connectivity index (χ2n) is 14.0. The lowest BCUT2D eigenvalue weighted by molar-refractivity contribution is -0.279. The number of rotatable bonds is 5. The van der Waals surface area contributed by atoms with Crippen molar-refractivity contribution in [2.45, 2.75) is 106 Å². The van der Waals surface area contributed by atoms with Crippen LogP contribution in [0.15, 0.2) is 34.9 Å². The van der Waals surface area contributed by atoms with E-state index in [0.29, 0.717) is 17.3 Å². The van der Waals surface area contributed by atoms with Crippen LogP contribution in [0.5, 0.6) is 0 Å². The van der Waals surface area contributed by atoms with Gasteiger partial charge >= 0.3 is 0 Å². The standard InChI is InChI=1S/C32H50O3/c1-22(21-33)9-8-10-23(2)24-13-15-31(7)26-11-12-27-28(3,4)32(34-19-20-35-32)18-17-29(27,5)25(26)14-16-30(24,31)6/h9,11,14,23-24,27,33H,8,10,12-13,15-21H2,1-7H3/b22-9-/t23-,24-,27+,29-,30-,31+/m1/s1. The molecule has 3 heteroatoms. The van der Waals surface area contributed by atoms with Crippen LogP contribution in [-0.2, 0) is 9.47 Å². The van der Waals surface area contributed by atoms with E-state index in [0.717, 1.165) is 50.4 Å². The fourth-order valence-electron chi connectivity index (χ4n) is 9.71. The van der Waals surface area contributed by atoms with Crippen LogP contribution < -0.4 is 0 Å². The van der Waals surface area contributed by atoms with Crippen molar-refractivity contribution in [1.29, 1.82) is 0 Å². The molecule has 35 heavy (non-hydrogen) atoms. The Morgan fingerprint density at radius 3 is 2.46 bits per heavy atom. The molecule has 0 aromatic heterocycles. The lowest BCUT2D eigenvalue weighted by Gasteiger charge is -2.63. The predicted molar refractivity (Wildman–Crippen MR) is 143 cm³/mol. The number of aliphatic hydroxyl groups is 1. The van der Waals surface area contributed by atoms with Crippen LogP contribution in [-0.4, -0.2) is 30.7 Å². The van der Waals surface area contributed by atoms with Crippen LogP contribution in [0.25, 0.3) is 0 Å². The first-order valence-electron chi connectivity index (χ1n) is 14.4. The van der Waals surface area contributed by atoms with Crippen LogP contribution >= 0.6 is 0 Å². The van der Waals surface area contributed by atoms with Gasteiger partial charge in [0.2, 0.25) is 0 Å². The van der Waals surface area contributed by atoms with E-state index in [1.54, 1.807) is 11.1 Å². The molecule has 6 atom stereocenters. The van der Waals surface area contributed by atoms with Crippen molar-refractivity contribution in [1.82, 2.24) is 0 Å². The molecule has 5 rings (SSSR count). The minimum absolute atomic E-state index is 0.00598. The van der Waals surface area contributed by atoms with Gasteiger partial charge in [-0.3, -0.25) is 0 Å². The second-order valence-corrected chi connectivity index (χ2v) is 14.0. The van der Waals surface area contributed by atoms with Gasteiger partial charge in [-0.2, -0.15) is 0 Å². The van der Waals surface area contributed by atoms with Crippen LogP contribution in [0.2, 0.25) is 0 Å². The van der Waals surface area contributed by atoms with E-state index in [1.807, 2.05) is 6.92 Å². The zero-order valence-electron chi connectivity index (χ0n) is 23.5. The smallest absolute Gasteiger partial charge is 0.173 e. The summed E-state index contributed by atoms with van der Waals surface area (Å²) < 4.78 is 12.7. The molecule has 1 N–H and O–H groups in total. The Hall–Kier alpha value is -0.900. The summed E-state index contributed by atoms with van der Waals surface area (Å²) in [5.41, 5.74) is 5.25. The van der Waals surface area contributed by atoms with Crippen molar-refractivity contribution < 1.29 is 14.6 Å². The summed E-state index contributed by atoms with van der Waals surface area (Å²) in [7, 11) is 0. The highest BCUT2D eigenvalue weighted by atomic mass is 16.7. The molecule has 0 bridgehead atoms. The molecule has 3 fully saturated rings. The third-order valence-corrected chi connectivity index (χ3v) is 12.2. The van der Waals surface area contributed by atoms with Gasteiger partial charge < -0.3 is 14.6 Å². The van der Waals surface area contributed by atoms with E-state index in [4.69, 9.17) is 9.47 Å². The van der Waals surface area contributed by atoms with Gasteiger partial charge in [0.25, 0.3) is 0 Å². The predicted octanol–water partition coefficient (Wildman–Crippen LogP) is 7.61. The highest BCUT2D eigenvalue weighted by molar-refractivity contribution is 5.50. The largest absolute Gasteiger partial charge is 0.392 e. The zero-order chi connectivity index (χ0) is 25.3. The summed E-state index contributed by atoms with van der Waals surface area (Å²) in [5, 5.41) is 9.35. The van der Waals surface area contributed by atoms with Crippen molar-refractivity contribution in [2.24, 2.45) is 39.4 Å². The molecular weight excluding hydrogens is 432 g/mol. The van der Waals surface area contributed by atoms with E-state index in [1.165, 1.54) is 25.7 Å². The highest BCUT2D eigenvalue weighted by Gasteiger charge is 2.66. The van der Waals surface area contributed by atoms with Gasteiger partial charge in [0.1, 0.15) is 0 Å². The van der Waals surface area contributed by atoms with Crippen molar-refractivity contribution >= 4 is 0 Å². The maximum absolute atomic E-state index is 9.35. The van der Waals surface area contributed by atoms with Gasteiger partial charge in [0.15, 0.2) is 5.79 Å². The summed E-state index contributed by atoms with van der Waals surface area (Å²) >= 11 is 0. The van der Waals surface area contributed by atoms with Crippen LogP contribution in [0.4, 0.5) is 0 Å². The second kappa shape index (κ2) is 8.57. The Kier molecular flexibility index (Phi) is 6.30. The lowest BCUT2D eigenvalue weighted by atomic mass is 9.43. The van der Waals surface area contributed by atoms with Gasteiger partial charge in [-0.15, -0.1) is 0 Å². The SMILES string of the molecule is C/C(=C/CC[C@@H](C)[C@H]1CC[C@@]2(C)C3=CC[C@H]4C(C)(C)C5(CC[C@]4(C)C3=CC[C@]12C)OCCO5)CO. The molecule has 3 nitrogen and oxygen atoms in total. The van der Waals surface area contributed by atoms with E-state index in [2.05, 4.69) is 59.8 Å². The minimum Gasteiger partial charge on any atom is -0.392 e. The molecule has 2 saturated carbocycles. The van der Waals surface area contributed by atoms with Gasteiger partial charge in [-0.25, -0.2) is 0 Å². The molecule has 0 radical (unpaired) electrons. The first-order valence-corrected chi connectivity index (χ1v) is 14.4. The van der Waals surface area contributed by atoms with E-state index in [-0.39, 0.29) is 22.9 Å². The Morgan fingerprint density at radius 1 is 1.06 bits per heavy atom. The van der Waals surface area contributed by atoms with Gasteiger partial charge in [0.05, 0.1) is 19.8 Å². The normalized spacial score (nSPS) is 42.7. The lowest BCUT2D eigenvalue weighted by Crippen LogP contribution is -2.60. The van der Waals surface area contributed by atoms with Gasteiger partial charge in [-0.05, 0) is 97.0 Å². The Balaban J connectivity index is 1.43. The monoisotopic (exact) mass is 482 g/mol. The highest BCUT2D eigenvalue weighted by Crippen LogP contribution is 2.72. The first kappa shape index (κ1) is 25.7. The molecule has 196 valence electrons. The number of ether oxygens (including phenoxy) is 2. The van der Waals surface area contributed by atoms with Gasteiger partial charge in [-0.1, -0.05) is 65.3 Å². The number of hydrogen-bond donors (Lipinski definition) is 1. The average Bonchev–Trinajstić information content (AvgIpc) is 3.40. The fourth-order valence-corrected chi connectivity index (χ4v) is 9.71. The third-order valence-electron chi connectivity index (χ3n) is 12.2. The molecule has 0 unspecified atom stereocenters. The van der Waals surface area contributed by atoms with Crippen LogP contribution in [0.3, 0.4) is 0 Å². The van der Waals surface area contributed by atoms with Crippen molar-refractivity contribution in [3.63, 3.8) is 0 Å². The number of hydrogen-bond acceptors (Lipinski definition) is 3. The number of aliphatic hydroxyl groups excluding tert-OH is 1. The molecule has 0 amide bonds. The van der Waals surface area contributed by atoms with Crippen molar-refractivity contribution in [2.75, 3.05) is 19.8 Å². The van der Waals surface area contributed by atoms with Crippen molar-refractivity contribution in [3.05, 3.63) is 34.9 Å². The molecular formula is C32H50O3. The Labute approximate surface area is 214 Å². The zero-order valence-corrected chi connectivity index (χ0v) is 23.5. The summed E-state index contributed by atoms with van der Waals surface area (Å²) in [6.07, 6.45) is 17.1. The third kappa shape index (κ3) is 3.47. The molecule has 1 saturated heterocycles. The first-order chi connectivity index (χ1) is 16.5. The van der Waals surface area contributed by atoms with E-state index < -0.39 is 5.79 Å². The molecule has 1 aliphatic heterocycles. The summed E-state index contributed by atoms with van der Waals surface area (Å²) in [5.74, 6) is 1.61. The van der Waals surface area contributed by atoms with Crippen molar-refractivity contribution in [3.8, 4) is 0 Å². The summed E-state index contributed by atoms with van der Waals surface area (Å²) in [4.78, 5) is 0.